The Morgan fingerprint density at radius 2 is 1.58 bits per heavy atom. The van der Waals surface area contributed by atoms with E-state index >= 15 is 0 Å². The van der Waals surface area contributed by atoms with E-state index in [9.17, 15) is 9.59 Å². The maximum atomic E-state index is 12.5. The number of nitrogens with one attached hydrogen (secondary N) is 2. The molecule has 7 heteroatoms. The van der Waals surface area contributed by atoms with Gasteiger partial charge < -0.3 is 25.0 Å². The molecule has 0 aromatic rings. The highest BCUT2D eigenvalue weighted by molar-refractivity contribution is 5.86. The van der Waals surface area contributed by atoms with E-state index in [1.807, 2.05) is 39.8 Å². The van der Waals surface area contributed by atoms with Crippen LogP contribution in [0, 0.1) is 0 Å². The van der Waals surface area contributed by atoms with Crippen molar-refractivity contribution >= 4 is 12.0 Å². The first-order valence-electron chi connectivity index (χ1n) is 8.31. The molecular weight excluding hydrogens is 310 g/mol. The summed E-state index contributed by atoms with van der Waals surface area (Å²) in [6.45, 7) is 14.0. The fourth-order valence-corrected chi connectivity index (χ4v) is 1.97. The topological polar surface area (TPSA) is 79.9 Å². The van der Waals surface area contributed by atoms with Crippen LogP contribution < -0.4 is 10.6 Å². The minimum Gasteiger partial charge on any atom is -0.444 e. The van der Waals surface area contributed by atoms with Crippen molar-refractivity contribution in [3.8, 4) is 0 Å². The lowest BCUT2D eigenvalue weighted by Crippen LogP contribution is -2.55. The Kier molecular flexibility index (Phi) is 8.71. The summed E-state index contributed by atoms with van der Waals surface area (Å²) >= 11 is 0. The summed E-state index contributed by atoms with van der Waals surface area (Å²) in [7, 11) is 3.85. The molecule has 2 atom stereocenters. The first kappa shape index (κ1) is 22.7. The van der Waals surface area contributed by atoms with E-state index in [-0.39, 0.29) is 5.91 Å². The molecule has 142 valence electrons. The van der Waals surface area contributed by atoms with E-state index in [1.165, 1.54) is 0 Å². The number of rotatable bonds is 7. The first-order valence-corrected chi connectivity index (χ1v) is 8.31. The van der Waals surface area contributed by atoms with Gasteiger partial charge in [-0.05, 0) is 62.6 Å². The standard InChI is InChI=1S/C17H35N3O4/c1-12(23-16(2,3)4)13(14(21)18-10-11-20(8)9)19-15(22)24-17(5,6)7/h12-13H,10-11H2,1-9H3,(H,18,21)(H,19,22)/t12-,13+/m1/s1. The van der Waals surface area contributed by atoms with Crippen LogP contribution in [0.5, 0.6) is 0 Å². The third kappa shape index (κ3) is 11.2. The molecule has 2 amide bonds. The van der Waals surface area contributed by atoms with E-state index < -0.39 is 29.4 Å². The van der Waals surface area contributed by atoms with Crippen molar-refractivity contribution in [2.75, 3.05) is 27.2 Å². The van der Waals surface area contributed by atoms with E-state index in [0.717, 1.165) is 0 Å². The number of carbonyl (C=O) groups excluding carboxylic acids is 2. The summed E-state index contributed by atoms with van der Waals surface area (Å²) in [5, 5.41) is 5.44. The van der Waals surface area contributed by atoms with Gasteiger partial charge in [0.25, 0.3) is 0 Å². The summed E-state index contributed by atoms with van der Waals surface area (Å²) < 4.78 is 11.1. The Balaban J connectivity index is 4.94. The smallest absolute Gasteiger partial charge is 0.408 e. The van der Waals surface area contributed by atoms with E-state index in [1.54, 1.807) is 27.7 Å². The molecule has 0 aromatic carbocycles. The molecule has 0 rings (SSSR count). The molecule has 24 heavy (non-hydrogen) atoms. The summed E-state index contributed by atoms with van der Waals surface area (Å²) in [6, 6.07) is -0.832. The maximum Gasteiger partial charge on any atom is 0.408 e. The van der Waals surface area contributed by atoms with Gasteiger partial charge in [0.15, 0.2) is 0 Å². The van der Waals surface area contributed by atoms with Crippen LogP contribution >= 0.6 is 0 Å². The molecule has 0 aliphatic carbocycles. The number of amides is 2. The fraction of sp³-hybridized carbons (Fsp3) is 0.882. The molecule has 0 aliphatic heterocycles. The van der Waals surface area contributed by atoms with E-state index in [4.69, 9.17) is 9.47 Å². The van der Waals surface area contributed by atoms with Gasteiger partial charge in [-0.25, -0.2) is 4.79 Å². The van der Waals surface area contributed by atoms with Gasteiger partial charge in [0.05, 0.1) is 11.7 Å². The van der Waals surface area contributed by atoms with Crippen LogP contribution in [-0.4, -0.2) is 67.4 Å². The Morgan fingerprint density at radius 3 is 2.00 bits per heavy atom. The molecule has 0 spiro atoms. The lowest BCUT2D eigenvalue weighted by Gasteiger charge is -2.31. The maximum absolute atomic E-state index is 12.5. The fourth-order valence-electron chi connectivity index (χ4n) is 1.97. The lowest BCUT2D eigenvalue weighted by molar-refractivity contribution is -0.131. The Bertz CT molecular complexity index is 411. The molecule has 2 N–H and O–H groups in total. The Morgan fingerprint density at radius 1 is 1.04 bits per heavy atom. The molecule has 0 fully saturated rings. The van der Waals surface area contributed by atoms with Crippen LogP contribution in [0.1, 0.15) is 48.5 Å². The molecule has 0 saturated heterocycles. The van der Waals surface area contributed by atoms with Crippen LogP contribution in [-0.2, 0) is 14.3 Å². The molecule has 0 bridgehead atoms. The Hall–Kier alpha value is -1.34. The monoisotopic (exact) mass is 345 g/mol. The summed E-state index contributed by atoms with van der Waals surface area (Å²) in [5.41, 5.74) is -1.07. The average molecular weight is 345 g/mol. The highest BCUT2D eigenvalue weighted by Gasteiger charge is 2.31. The van der Waals surface area contributed by atoms with E-state index in [0.29, 0.717) is 13.1 Å². The van der Waals surface area contributed by atoms with Crippen molar-refractivity contribution in [1.82, 2.24) is 15.5 Å². The van der Waals surface area contributed by atoms with Crippen LogP contribution in [0.2, 0.25) is 0 Å². The third-order valence-corrected chi connectivity index (χ3v) is 2.82. The second-order valence-corrected chi connectivity index (χ2v) is 8.15. The van der Waals surface area contributed by atoms with Crippen molar-refractivity contribution in [2.24, 2.45) is 0 Å². The number of hydrogen-bond donors (Lipinski definition) is 2. The van der Waals surface area contributed by atoms with Gasteiger partial charge in [0.2, 0.25) is 5.91 Å². The largest absolute Gasteiger partial charge is 0.444 e. The number of alkyl carbamates (subject to hydrolysis) is 1. The zero-order valence-corrected chi connectivity index (χ0v) is 16.6. The number of likely N-dealkylation sites (N-methyl/N-ethyl adjacent to an activating group) is 1. The van der Waals surface area contributed by atoms with Crippen LogP contribution in [0.25, 0.3) is 0 Å². The van der Waals surface area contributed by atoms with Crippen molar-refractivity contribution in [1.29, 1.82) is 0 Å². The first-order chi connectivity index (χ1) is 10.7. The normalized spacial score (nSPS) is 14.9. The van der Waals surface area contributed by atoms with Gasteiger partial charge in [-0.15, -0.1) is 0 Å². The number of carbonyl (C=O) groups is 2. The zero-order valence-electron chi connectivity index (χ0n) is 16.6. The van der Waals surface area contributed by atoms with Crippen molar-refractivity contribution in [3.05, 3.63) is 0 Å². The molecule has 0 saturated carbocycles. The SMILES string of the molecule is C[C@@H](OC(C)(C)C)[C@H](NC(=O)OC(C)(C)C)C(=O)NCCN(C)C. The molecule has 0 radical (unpaired) electrons. The van der Waals surface area contributed by atoms with Gasteiger partial charge >= 0.3 is 6.09 Å². The van der Waals surface area contributed by atoms with E-state index in [2.05, 4.69) is 10.6 Å². The molecule has 0 heterocycles. The van der Waals surface area contributed by atoms with Crippen molar-refractivity contribution < 1.29 is 19.1 Å². The lowest BCUT2D eigenvalue weighted by atomic mass is 10.1. The minimum absolute atomic E-state index is 0.292. The molecule has 0 unspecified atom stereocenters. The highest BCUT2D eigenvalue weighted by Crippen LogP contribution is 2.14. The molecular formula is C17H35N3O4. The third-order valence-electron chi connectivity index (χ3n) is 2.82. The Labute approximate surface area is 146 Å². The van der Waals surface area contributed by atoms with Gasteiger partial charge in [-0.1, -0.05) is 0 Å². The van der Waals surface area contributed by atoms with Crippen molar-refractivity contribution in [3.63, 3.8) is 0 Å². The molecule has 7 nitrogen and oxygen atoms in total. The summed E-state index contributed by atoms with van der Waals surface area (Å²) in [4.78, 5) is 26.5. The zero-order chi connectivity index (χ0) is 19.1. The molecule has 0 aliphatic rings. The van der Waals surface area contributed by atoms with Crippen LogP contribution in [0.4, 0.5) is 4.79 Å². The summed E-state index contributed by atoms with van der Waals surface area (Å²) in [5.74, 6) is -0.292. The van der Waals surface area contributed by atoms with Gasteiger partial charge in [0, 0.05) is 13.1 Å². The predicted octanol–water partition coefficient (Wildman–Crippen LogP) is 1.76. The second kappa shape index (κ2) is 9.22. The quantitative estimate of drug-likeness (QED) is 0.735. The van der Waals surface area contributed by atoms with Gasteiger partial charge in [0.1, 0.15) is 11.6 Å². The average Bonchev–Trinajstić information content (AvgIpc) is 2.30. The number of hydrogen-bond acceptors (Lipinski definition) is 5. The second-order valence-electron chi connectivity index (χ2n) is 8.15. The predicted molar refractivity (Wildman–Crippen MR) is 95.0 cm³/mol. The number of ether oxygens (including phenoxy) is 2. The van der Waals surface area contributed by atoms with Crippen LogP contribution in [0.3, 0.4) is 0 Å². The van der Waals surface area contributed by atoms with Crippen molar-refractivity contribution in [2.45, 2.75) is 71.8 Å². The van der Waals surface area contributed by atoms with Gasteiger partial charge in [-0.2, -0.15) is 0 Å². The number of nitrogens with zero attached hydrogens (tertiary/aromatic N) is 1. The minimum atomic E-state index is -0.832. The highest BCUT2D eigenvalue weighted by atomic mass is 16.6. The molecule has 0 aromatic heterocycles. The van der Waals surface area contributed by atoms with Gasteiger partial charge in [-0.3, -0.25) is 4.79 Å². The summed E-state index contributed by atoms with van der Waals surface area (Å²) in [6.07, 6.45) is -1.14. The van der Waals surface area contributed by atoms with Crippen LogP contribution in [0.15, 0.2) is 0 Å².